The first-order valence-electron chi connectivity index (χ1n) is 8.25. The van der Waals surface area contributed by atoms with E-state index < -0.39 is 10.0 Å². The molecule has 0 atom stereocenters. The predicted octanol–water partition coefficient (Wildman–Crippen LogP) is 0.640. The van der Waals surface area contributed by atoms with Crippen LogP contribution in [0.3, 0.4) is 0 Å². The molecule has 0 saturated carbocycles. The van der Waals surface area contributed by atoms with Gasteiger partial charge in [0.05, 0.1) is 25.3 Å². The van der Waals surface area contributed by atoms with Gasteiger partial charge < -0.3 is 14.4 Å². The van der Waals surface area contributed by atoms with Gasteiger partial charge in [-0.1, -0.05) is 0 Å². The summed E-state index contributed by atoms with van der Waals surface area (Å²) < 4.78 is 37.5. The highest BCUT2D eigenvalue weighted by Gasteiger charge is 2.31. The van der Waals surface area contributed by atoms with Gasteiger partial charge in [-0.2, -0.15) is 4.31 Å². The number of carbonyl (C=O) groups is 1. The summed E-state index contributed by atoms with van der Waals surface area (Å²) in [5.41, 5.74) is 0.244. The lowest BCUT2D eigenvalue weighted by molar-refractivity contribution is 0.0691. The van der Waals surface area contributed by atoms with Crippen molar-refractivity contribution in [3.8, 4) is 11.5 Å². The fourth-order valence-electron chi connectivity index (χ4n) is 2.83. The predicted molar refractivity (Wildman–Crippen MR) is 96.2 cm³/mol. The number of hydrogen-bond acceptors (Lipinski definition) is 7. The number of nitrogens with zero attached hydrogens (tertiary/aromatic N) is 4. The van der Waals surface area contributed by atoms with Crippen LogP contribution in [-0.4, -0.2) is 73.9 Å². The third kappa shape index (κ3) is 3.86. The zero-order chi connectivity index (χ0) is 19.4. The van der Waals surface area contributed by atoms with Crippen molar-refractivity contribution in [1.29, 1.82) is 0 Å². The molecule has 0 radical (unpaired) electrons. The number of aromatic nitrogens is 2. The van der Waals surface area contributed by atoms with Gasteiger partial charge in [-0.05, 0) is 12.1 Å². The van der Waals surface area contributed by atoms with Gasteiger partial charge in [-0.3, -0.25) is 9.78 Å². The van der Waals surface area contributed by atoms with E-state index in [1.807, 2.05) is 0 Å². The second-order valence-corrected chi connectivity index (χ2v) is 7.74. The Morgan fingerprint density at radius 2 is 1.74 bits per heavy atom. The fourth-order valence-corrected chi connectivity index (χ4v) is 4.27. The molecule has 10 heteroatoms. The summed E-state index contributed by atoms with van der Waals surface area (Å²) >= 11 is 0. The number of rotatable bonds is 5. The van der Waals surface area contributed by atoms with Crippen LogP contribution in [0.2, 0.25) is 0 Å². The Balaban J connectivity index is 1.72. The molecule has 0 spiro atoms. The van der Waals surface area contributed by atoms with Gasteiger partial charge in [0.15, 0.2) is 11.5 Å². The van der Waals surface area contributed by atoms with E-state index in [4.69, 9.17) is 9.47 Å². The summed E-state index contributed by atoms with van der Waals surface area (Å²) in [7, 11) is -0.767. The minimum atomic E-state index is -3.70. The Morgan fingerprint density at radius 3 is 2.33 bits per heavy atom. The summed E-state index contributed by atoms with van der Waals surface area (Å²) in [4.78, 5) is 22.0. The molecular formula is C17H20N4O5S. The first-order chi connectivity index (χ1) is 13.0. The normalized spacial score (nSPS) is 15.4. The minimum Gasteiger partial charge on any atom is -0.493 e. The lowest BCUT2D eigenvalue weighted by Gasteiger charge is -2.33. The molecule has 1 aromatic heterocycles. The smallest absolute Gasteiger partial charge is 0.274 e. The summed E-state index contributed by atoms with van der Waals surface area (Å²) in [5.74, 6) is 0.539. The van der Waals surface area contributed by atoms with Gasteiger partial charge in [0.2, 0.25) is 10.0 Å². The van der Waals surface area contributed by atoms with Crippen LogP contribution < -0.4 is 9.47 Å². The topological polar surface area (TPSA) is 102 Å². The van der Waals surface area contributed by atoms with E-state index in [2.05, 4.69) is 9.97 Å². The summed E-state index contributed by atoms with van der Waals surface area (Å²) in [5, 5.41) is 0. The van der Waals surface area contributed by atoms with Crippen LogP contribution in [0.15, 0.2) is 41.7 Å². The summed E-state index contributed by atoms with van der Waals surface area (Å²) in [6, 6.07) is 4.47. The van der Waals surface area contributed by atoms with Crippen molar-refractivity contribution in [2.24, 2.45) is 0 Å². The van der Waals surface area contributed by atoms with Crippen molar-refractivity contribution in [3.05, 3.63) is 42.5 Å². The van der Waals surface area contributed by atoms with Gasteiger partial charge in [-0.25, -0.2) is 13.4 Å². The Kier molecular flexibility index (Phi) is 5.57. The molecule has 0 aliphatic carbocycles. The standard InChI is InChI=1S/C17H20N4O5S/c1-25-15-4-3-13(11-16(15)26-2)27(23,24)21-9-7-20(8-10-21)17(22)14-12-18-5-6-19-14/h3-6,11-12H,7-10H2,1-2H3. The number of piperazine rings is 1. The van der Waals surface area contributed by atoms with E-state index in [1.54, 1.807) is 11.0 Å². The van der Waals surface area contributed by atoms with Crippen LogP contribution in [0, 0.1) is 0 Å². The molecule has 0 unspecified atom stereocenters. The molecule has 9 nitrogen and oxygen atoms in total. The zero-order valence-corrected chi connectivity index (χ0v) is 15.8. The van der Waals surface area contributed by atoms with Crippen LogP contribution >= 0.6 is 0 Å². The molecule has 144 valence electrons. The van der Waals surface area contributed by atoms with E-state index in [-0.39, 0.29) is 42.7 Å². The van der Waals surface area contributed by atoms with Crippen LogP contribution in [0.4, 0.5) is 0 Å². The number of ether oxygens (including phenoxy) is 2. The molecule has 1 aromatic carbocycles. The van der Waals surface area contributed by atoms with Crippen LogP contribution in [-0.2, 0) is 10.0 Å². The number of benzene rings is 1. The molecule has 1 fully saturated rings. The molecule has 1 amide bonds. The van der Waals surface area contributed by atoms with Crippen molar-refractivity contribution in [1.82, 2.24) is 19.2 Å². The lowest BCUT2D eigenvalue weighted by Crippen LogP contribution is -2.50. The van der Waals surface area contributed by atoms with Crippen molar-refractivity contribution < 1.29 is 22.7 Å². The third-order valence-corrected chi connectivity index (χ3v) is 6.20. The molecule has 1 aliphatic heterocycles. The maximum absolute atomic E-state index is 12.9. The number of sulfonamides is 1. The number of carbonyl (C=O) groups excluding carboxylic acids is 1. The highest BCUT2D eigenvalue weighted by atomic mass is 32.2. The molecule has 0 N–H and O–H groups in total. The maximum Gasteiger partial charge on any atom is 0.274 e. The van der Waals surface area contributed by atoms with E-state index in [0.717, 1.165) is 0 Å². The van der Waals surface area contributed by atoms with Crippen molar-refractivity contribution >= 4 is 15.9 Å². The van der Waals surface area contributed by atoms with Gasteiger partial charge in [0, 0.05) is 44.6 Å². The fraction of sp³-hybridized carbons (Fsp3) is 0.353. The Morgan fingerprint density at radius 1 is 1.04 bits per heavy atom. The average Bonchev–Trinajstić information content (AvgIpc) is 2.73. The largest absolute Gasteiger partial charge is 0.493 e. The highest BCUT2D eigenvalue weighted by Crippen LogP contribution is 2.30. The lowest BCUT2D eigenvalue weighted by atomic mass is 10.3. The minimum absolute atomic E-state index is 0.119. The second kappa shape index (κ2) is 7.89. The molecule has 3 rings (SSSR count). The Hall–Kier alpha value is -2.72. The van der Waals surface area contributed by atoms with Gasteiger partial charge in [0.25, 0.3) is 5.91 Å². The third-order valence-electron chi connectivity index (χ3n) is 4.30. The first kappa shape index (κ1) is 19.1. The number of hydrogen-bond donors (Lipinski definition) is 0. The molecule has 2 aromatic rings. The highest BCUT2D eigenvalue weighted by molar-refractivity contribution is 7.89. The maximum atomic E-state index is 12.9. The first-order valence-corrected chi connectivity index (χ1v) is 9.69. The molecular weight excluding hydrogens is 372 g/mol. The van der Waals surface area contributed by atoms with Gasteiger partial charge in [0.1, 0.15) is 5.69 Å². The molecule has 0 bridgehead atoms. The van der Waals surface area contributed by atoms with E-state index in [9.17, 15) is 13.2 Å². The number of methoxy groups -OCH3 is 2. The van der Waals surface area contributed by atoms with Crippen LogP contribution in [0.25, 0.3) is 0 Å². The Bertz CT molecular complexity index is 912. The van der Waals surface area contributed by atoms with Crippen molar-refractivity contribution in [2.45, 2.75) is 4.90 Å². The monoisotopic (exact) mass is 392 g/mol. The SMILES string of the molecule is COc1ccc(S(=O)(=O)N2CCN(C(=O)c3cnccn3)CC2)cc1OC. The zero-order valence-electron chi connectivity index (χ0n) is 15.0. The molecule has 1 aliphatic rings. The van der Waals surface area contributed by atoms with Crippen LogP contribution in [0.1, 0.15) is 10.5 Å². The molecule has 1 saturated heterocycles. The van der Waals surface area contributed by atoms with Gasteiger partial charge in [-0.15, -0.1) is 0 Å². The summed E-state index contributed by atoms with van der Waals surface area (Å²) in [6.45, 7) is 0.954. The Labute approximate surface area is 157 Å². The van der Waals surface area contributed by atoms with E-state index >= 15 is 0 Å². The van der Waals surface area contributed by atoms with Crippen molar-refractivity contribution in [2.75, 3.05) is 40.4 Å². The molecule has 2 heterocycles. The van der Waals surface area contributed by atoms with Crippen LogP contribution in [0.5, 0.6) is 11.5 Å². The van der Waals surface area contributed by atoms with Crippen molar-refractivity contribution in [3.63, 3.8) is 0 Å². The second-order valence-electron chi connectivity index (χ2n) is 5.80. The number of amides is 1. The quantitative estimate of drug-likeness (QED) is 0.736. The van der Waals surface area contributed by atoms with Gasteiger partial charge >= 0.3 is 0 Å². The van der Waals surface area contributed by atoms with E-state index in [1.165, 1.54) is 49.2 Å². The average molecular weight is 392 g/mol. The molecule has 27 heavy (non-hydrogen) atoms. The summed E-state index contributed by atoms with van der Waals surface area (Å²) in [6.07, 6.45) is 4.34. The van der Waals surface area contributed by atoms with E-state index in [0.29, 0.717) is 11.5 Å².